The van der Waals surface area contributed by atoms with Crippen LogP contribution in [0.1, 0.15) is 5.69 Å². The molecule has 0 saturated carbocycles. The van der Waals surface area contributed by atoms with Gasteiger partial charge in [-0.15, -0.1) is 0 Å². The Morgan fingerprint density at radius 2 is 1.76 bits per heavy atom. The summed E-state index contributed by atoms with van der Waals surface area (Å²) < 4.78 is 25.8. The van der Waals surface area contributed by atoms with E-state index in [1.807, 2.05) is 6.07 Å². The van der Waals surface area contributed by atoms with Gasteiger partial charge in [0, 0.05) is 11.8 Å². The van der Waals surface area contributed by atoms with E-state index in [0.717, 1.165) is 6.07 Å². The van der Waals surface area contributed by atoms with Crippen LogP contribution in [0.15, 0.2) is 36.5 Å². The molecule has 0 aliphatic rings. The van der Waals surface area contributed by atoms with E-state index >= 15 is 0 Å². The Morgan fingerprint density at radius 1 is 1.06 bits per heavy atom. The Balaban J connectivity index is 2.22. The van der Waals surface area contributed by atoms with E-state index in [2.05, 4.69) is 10.3 Å². The van der Waals surface area contributed by atoms with Crippen LogP contribution in [0.3, 0.4) is 0 Å². The highest BCUT2D eigenvalue weighted by atomic mass is 19.1. The van der Waals surface area contributed by atoms with E-state index in [4.69, 9.17) is 5.26 Å². The van der Waals surface area contributed by atoms with Gasteiger partial charge >= 0.3 is 0 Å². The van der Waals surface area contributed by atoms with E-state index in [1.165, 1.54) is 24.4 Å². The van der Waals surface area contributed by atoms with Gasteiger partial charge in [0.15, 0.2) is 0 Å². The van der Waals surface area contributed by atoms with Gasteiger partial charge in [-0.25, -0.2) is 13.8 Å². The lowest BCUT2D eigenvalue weighted by Gasteiger charge is -2.06. The highest BCUT2D eigenvalue weighted by Crippen LogP contribution is 2.18. The maximum absolute atomic E-state index is 12.9. The number of hydrogen-bond acceptors (Lipinski definition) is 3. The zero-order valence-electron chi connectivity index (χ0n) is 8.61. The van der Waals surface area contributed by atoms with Gasteiger partial charge in [0.25, 0.3) is 0 Å². The van der Waals surface area contributed by atoms with Crippen molar-refractivity contribution in [2.24, 2.45) is 0 Å². The summed E-state index contributed by atoms with van der Waals surface area (Å²) in [5.41, 5.74) is 1.11. The van der Waals surface area contributed by atoms with E-state index in [0.29, 0.717) is 5.69 Å². The summed E-state index contributed by atoms with van der Waals surface area (Å²) in [6.45, 7) is 0. The fraction of sp³-hybridized carbons (Fsp3) is 0. The number of nitrogens with one attached hydrogen (secondary N) is 1. The third kappa shape index (κ3) is 2.75. The van der Waals surface area contributed by atoms with Crippen molar-refractivity contribution < 1.29 is 8.78 Å². The number of aromatic nitrogens is 1. The minimum atomic E-state index is -0.658. The lowest BCUT2D eigenvalue weighted by atomic mass is 10.2. The number of nitrogens with zero attached hydrogens (tertiary/aromatic N) is 2. The first-order valence-corrected chi connectivity index (χ1v) is 4.76. The van der Waals surface area contributed by atoms with Gasteiger partial charge < -0.3 is 5.32 Å². The summed E-state index contributed by atoms with van der Waals surface area (Å²) in [6.07, 6.45) is 1.42. The standard InChI is InChI=1S/C12H7F2N3/c13-8-3-9(14)5-12(4-8)17-11-2-1-10(6-15)16-7-11/h1-5,7,17H. The Kier molecular flexibility index (Phi) is 2.97. The Morgan fingerprint density at radius 3 is 2.29 bits per heavy atom. The molecular formula is C12H7F2N3. The highest BCUT2D eigenvalue weighted by molar-refractivity contribution is 5.59. The molecule has 2 aromatic rings. The lowest BCUT2D eigenvalue weighted by molar-refractivity contribution is 0.584. The summed E-state index contributed by atoms with van der Waals surface area (Å²) in [7, 11) is 0. The summed E-state index contributed by atoms with van der Waals surface area (Å²) in [5.74, 6) is -1.32. The van der Waals surface area contributed by atoms with Crippen LogP contribution in [0.4, 0.5) is 20.2 Å². The maximum Gasteiger partial charge on any atom is 0.140 e. The van der Waals surface area contributed by atoms with Crippen molar-refractivity contribution in [2.45, 2.75) is 0 Å². The van der Waals surface area contributed by atoms with Gasteiger partial charge in [-0.2, -0.15) is 5.26 Å². The number of halogens is 2. The molecule has 84 valence electrons. The number of hydrogen-bond donors (Lipinski definition) is 1. The number of anilines is 2. The van der Waals surface area contributed by atoms with Crippen LogP contribution in [0.5, 0.6) is 0 Å². The highest BCUT2D eigenvalue weighted by Gasteiger charge is 2.01. The number of benzene rings is 1. The fourth-order valence-electron chi connectivity index (χ4n) is 1.33. The average molecular weight is 231 g/mol. The predicted octanol–water partition coefficient (Wildman–Crippen LogP) is 2.98. The van der Waals surface area contributed by atoms with Gasteiger partial charge in [-0.3, -0.25) is 0 Å². The SMILES string of the molecule is N#Cc1ccc(Nc2cc(F)cc(F)c2)cn1. The lowest BCUT2D eigenvalue weighted by Crippen LogP contribution is -1.93. The molecule has 17 heavy (non-hydrogen) atoms. The normalized spacial score (nSPS) is 9.71. The number of nitriles is 1. The molecule has 5 heteroatoms. The van der Waals surface area contributed by atoms with Crippen LogP contribution in [-0.2, 0) is 0 Å². The molecule has 0 amide bonds. The second-order valence-corrected chi connectivity index (χ2v) is 3.33. The van der Waals surface area contributed by atoms with Crippen LogP contribution in [0.2, 0.25) is 0 Å². The first kappa shape index (κ1) is 11.0. The molecular weight excluding hydrogens is 224 g/mol. The molecule has 0 fully saturated rings. The quantitative estimate of drug-likeness (QED) is 0.864. The van der Waals surface area contributed by atoms with E-state index in [9.17, 15) is 8.78 Å². The average Bonchev–Trinajstić information content (AvgIpc) is 2.28. The molecule has 0 atom stereocenters. The fourth-order valence-corrected chi connectivity index (χ4v) is 1.33. The third-order valence-corrected chi connectivity index (χ3v) is 2.03. The minimum absolute atomic E-state index is 0.279. The summed E-state index contributed by atoms with van der Waals surface area (Å²) in [6, 6.07) is 8.12. The second-order valence-electron chi connectivity index (χ2n) is 3.33. The van der Waals surface area contributed by atoms with Gasteiger partial charge in [0.1, 0.15) is 23.4 Å². The van der Waals surface area contributed by atoms with Crippen molar-refractivity contribution in [2.75, 3.05) is 5.32 Å². The molecule has 2 rings (SSSR count). The zero-order chi connectivity index (χ0) is 12.3. The van der Waals surface area contributed by atoms with Crippen LogP contribution < -0.4 is 5.32 Å². The van der Waals surface area contributed by atoms with Gasteiger partial charge in [-0.05, 0) is 24.3 Å². The second kappa shape index (κ2) is 4.58. The predicted molar refractivity (Wildman–Crippen MR) is 58.6 cm³/mol. The first-order valence-electron chi connectivity index (χ1n) is 4.76. The largest absolute Gasteiger partial charge is 0.354 e. The van der Waals surface area contributed by atoms with Crippen molar-refractivity contribution >= 4 is 11.4 Å². The van der Waals surface area contributed by atoms with Crippen molar-refractivity contribution in [3.63, 3.8) is 0 Å². The number of pyridine rings is 1. The summed E-state index contributed by atoms with van der Waals surface area (Å²) in [5, 5.41) is 11.3. The summed E-state index contributed by atoms with van der Waals surface area (Å²) in [4.78, 5) is 3.83. The molecule has 0 saturated heterocycles. The van der Waals surface area contributed by atoms with Crippen molar-refractivity contribution in [1.29, 1.82) is 5.26 Å². The van der Waals surface area contributed by atoms with Crippen molar-refractivity contribution in [1.82, 2.24) is 4.98 Å². The van der Waals surface area contributed by atoms with E-state index in [1.54, 1.807) is 6.07 Å². The zero-order valence-corrected chi connectivity index (χ0v) is 8.61. The molecule has 1 heterocycles. The molecule has 1 aromatic heterocycles. The van der Waals surface area contributed by atoms with Crippen LogP contribution >= 0.6 is 0 Å². The molecule has 1 N–H and O–H groups in total. The molecule has 0 bridgehead atoms. The maximum atomic E-state index is 12.9. The van der Waals surface area contributed by atoms with Gasteiger partial charge in [0.05, 0.1) is 11.9 Å². The van der Waals surface area contributed by atoms with Crippen LogP contribution in [-0.4, -0.2) is 4.98 Å². The Labute approximate surface area is 96.3 Å². The monoisotopic (exact) mass is 231 g/mol. The van der Waals surface area contributed by atoms with E-state index < -0.39 is 11.6 Å². The molecule has 3 nitrogen and oxygen atoms in total. The molecule has 0 radical (unpaired) electrons. The molecule has 0 aliphatic heterocycles. The minimum Gasteiger partial charge on any atom is -0.354 e. The Hall–Kier alpha value is -2.48. The van der Waals surface area contributed by atoms with Crippen molar-refractivity contribution in [3.05, 3.63) is 53.9 Å². The first-order chi connectivity index (χ1) is 8.17. The number of rotatable bonds is 2. The van der Waals surface area contributed by atoms with Gasteiger partial charge in [0.2, 0.25) is 0 Å². The van der Waals surface area contributed by atoms with Crippen LogP contribution in [0.25, 0.3) is 0 Å². The topological polar surface area (TPSA) is 48.7 Å². The van der Waals surface area contributed by atoms with Crippen LogP contribution in [0, 0.1) is 23.0 Å². The summed E-state index contributed by atoms with van der Waals surface area (Å²) >= 11 is 0. The molecule has 0 aliphatic carbocycles. The Bertz CT molecular complexity index is 553. The molecule has 1 aromatic carbocycles. The smallest absolute Gasteiger partial charge is 0.140 e. The van der Waals surface area contributed by atoms with E-state index in [-0.39, 0.29) is 11.4 Å². The third-order valence-electron chi connectivity index (χ3n) is 2.03. The molecule has 0 unspecified atom stereocenters. The molecule has 0 spiro atoms. The van der Waals surface area contributed by atoms with Crippen molar-refractivity contribution in [3.8, 4) is 6.07 Å². The van der Waals surface area contributed by atoms with Gasteiger partial charge in [-0.1, -0.05) is 0 Å².